The summed E-state index contributed by atoms with van der Waals surface area (Å²) in [7, 11) is -13.0. The molecule has 1 aromatic carbocycles. The van der Waals surface area contributed by atoms with Crippen molar-refractivity contribution in [2.75, 3.05) is 6.54 Å². The van der Waals surface area contributed by atoms with Crippen molar-refractivity contribution < 1.29 is 61.1 Å². The summed E-state index contributed by atoms with van der Waals surface area (Å²) in [6, 6.07) is 9.32. The second-order valence-corrected chi connectivity index (χ2v) is 10.4. The van der Waals surface area contributed by atoms with E-state index in [2.05, 4.69) is 13.4 Å². The summed E-state index contributed by atoms with van der Waals surface area (Å²) in [5.74, 6) is -3.16. The van der Waals surface area contributed by atoms with Gasteiger partial charge in [0.2, 0.25) is 0 Å². The van der Waals surface area contributed by atoms with Gasteiger partial charge in [-0.05, 0) is 12.0 Å². The van der Waals surface area contributed by atoms with Gasteiger partial charge in [0, 0.05) is 12.1 Å². The van der Waals surface area contributed by atoms with Crippen LogP contribution in [0.2, 0.25) is 0 Å². The van der Waals surface area contributed by atoms with Gasteiger partial charge in [0.25, 0.3) is 5.88 Å². The lowest BCUT2D eigenvalue weighted by molar-refractivity contribution is -0.0503. The SMILES string of the molecule is N#Cc1c(OS(=O)(=O)C(F)(F)F)nc2c(c1OS(=O)(=O)C(F)(F)F)CCN(C(=O)OCc1ccccc1)C2. The number of fused-ring (bicyclic) bond motifs is 1. The third-order valence-electron chi connectivity index (χ3n) is 4.80. The summed E-state index contributed by atoms with van der Waals surface area (Å²) in [5, 5.41) is 9.33. The van der Waals surface area contributed by atoms with Crippen molar-refractivity contribution >= 4 is 26.3 Å². The molecule has 0 radical (unpaired) electrons. The Morgan fingerprint density at radius 1 is 1.00 bits per heavy atom. The molecule has 0 bridgehead atoms. The van der Waals surface area contributed by atoms with E-state index in [1.54, 1.807) is 30.3 Å². The first-order chi connectivity index (χ1) is 17.5. The van der Waals surface area contributed by atoms with E-state index in [-0.39, 0.29) is 13.2 Å². The van der Waals surface area contributed by atoms with Gasteiger partial charge in [-0.1, -0.05) is 30.3 Å². The number of pyridine rings is 1. The number of hydrogen-bond donors (Lipinski definition) is 0. The van der Waals surface area contributed by atoms with Gasteiger partial charge in [-0.15, -0.1) is 0 Å². The number of nitrogens with zero attached hydrogens (tertiary/aromatic N) is 3. The van der Waals surface area contributed by atoms with E-state index in [1.165, 1.54) is 0 Å². The van der Waals surface area contributed by atoms with E-state index < -0.39 is 78.8 Å². The van der Waals surface area contributed by atoms with E-state index in [0.29, 0.717) is 5.56 Å². The number of halogens is 6. The van der Waals surface area contributed by atoms with Gasteiger partial charge >= 0.3 is 37.3 Å². The first kappa shape index (κ1) is 28.8. The van der Waals surface area contributed by atoms with Crippen molar-refractivity contribution in [2.45, 2.75) is 30.6 Å². The molecule has 1 aliphatic heterocycles. The Labute approximate surface area is 210 Å². The lowest BCUT2D eigenvalue weighted by atomic mass is 10.0. The second-order valence-electron chi connectivity index (χ2n) is 7.34. The first-order valence-electron chi connectivity index (χ1n) is 9.90. The molecule has 206 valence electrons. The zero-order chi connectivity index (χ0) is 28.5. The number of ether oxygens (including phenoxy) is 1. The molecule has 1 aromatic heterocycles. The summed E-state index contributed by atoms with van der Waals surface area (Å²) >= 11 is 0. The van der Waals surface area contributed by atoms with Gasteiger partial charge in [0.05, 0.1) is 12.2 Å². The Morgan fingerprint density at radius 2 is 1.58 bits per heavy atom. The number of rotatable bonds is 6. The summed E-state index contributed by atoms with van der Waals surface area (Å²) in [5.41, 5.74) is -14.1. The normalized spacial score (nSPS) is 14.3. The maximum Gasteiger partial charge on any atom is 0.534 e. The van der Waals surface area contributed by atoms with Gasteiger partial charge in [-0.2, -0.15) is 48.4 Å². The lowest BCUT2D eigenvalue weighted by Crippen LogP contribution is -2.38. The van der Waals surface area contributed by atoms with Crippen LogP contribution in [0.4, 0.5) is 31.1 Å². The zero-order valence-corrected chi connectivity index (χ0v) is 20.0. The standard InChI is InChI=1S/C19H13F6N3O8S2/c20-18(21,22)37(30,31)35-15-12-6-7-28(17(29)34-10-11-4-2-1-3-5-11)9-14(12)27-16(13(15)8-26)36-38(32,33)19(23,24)25/h1-5H,6-7,9-10H2. The molecule has 1 aliphatic rings. The molecule has 0 aliphatic carbocycles. The van der Waals surface area contributed by atoms with Crippen molar-refractivity contribution in [3.63, 3.8) is 0 Å². The van der Waals surface area contributed by atoms with Crippen LogP contribution in [-0.4, -0.2) is 50.4 Å². The molecule has 0 N–H and O–H groups in total. The van der Waals surface area contributed by atoms with Crippen molar-refractivity contribution in [1.29, 1.82) is 5.26 Å². The number of carbonyl (C=O) groups excluding carboxylic acids is 1. The van der Waals surface area contributed by atoms with Gasteiger partial charge < -0.3 is 18.0 Å². The van der Waals surface area contributed by atoms with E-state index >= 15 is 0 Å². The molecule has 38 heavy (non-hydrogen) atoms. The number of aromatic nitrogens is 1. The predicted octanol–water partition coefficient (Wildman–Crippen LogP) is 3.10. The molecule has 0 saturated heterocycles. The zero-order valence-electron chi connectivity index (χ0n) is 18.4. The quantitative estimate of drug-likeness (QED) is 0.279. The van der Waals surface area contributed by atoms with Crippen LogP contribution < -0.4 is 8.37 Å². The average Bonchev–Trinajstić information content (AvgIpc) is 2.81. The number of benzene rings is 1. The van der Waals surface area contributed by atoms with Crippen LogP contribution in [0.5, 0.6) is 11.6 Å². The van der Waals surface area contributed by atoms with Crippen molar-refractivity contribution in [1.82, 2.24) is 9.88 Å². The second kappa shape index (κ2) is 10.2. The highest BCUT2D eigenvalue weighted by Gasteiger charge is 2.51. The molecule has 0 fully saturated rings. The van der Waals surface area contributed by atoms with Gasteiger partial charge in [-0.3, -0.25) is 0 Å². The Bertz CT molecular complexity index is 1490. The number of hydrogen-bond acceptors (Lipinski definition) is 10. The molecular formula is C19H13F6N3O8S2. The van der Waals surface area contributed by atoms with E-state index in [1.807, 2.05) is 0 Å². The van der Waals surface area contributed by atoms with E-state index in [9.17, 15) is 53.2 Å². The highest BCUT2D eigenvalue weighted by molar-refractivity contribution is 7.88. The Morgan fingerprint density at radius 3 is 2.13 bits per heavy atom. The van der Waals surface area contributed by atoms with Crippen LogP contribution >= 0.6 is 0 Å². The highest BCUT2D eigenvalue weighted by Crippen LogP contribution is 2.40. The summed E-state index contributed by atoms with van der Waals surface area (Å²) < 4.78 is 137. The highest BCUT2D eigenvalue weighted by atomic mass is 32.2. The largest absolute Gasteiger partial charge is 0.534 e. The van der Waals surface area contributed by atoms with Crippen LogP contribution in [-0.2, 0) is 44.5 Å². The minimum Gasteiger partial charge on any atom is -0.445 e. The van der Waals surface area contributed by atoms with Gasteiger partial charge in [0.1, 0.15) is 12.7 Å². The molecule has 1 amide bonds. The molecule has 0 atom stereocenters. The van der Waals surface area contributed by atoms with Crippen LogP contribution in [0, 0.1) is 11.3 Å². The third-order valence-corrected chi connectivity index (χ3v) is 6.69. The minimum atomic E-state index is -6.51. The number of carbonyl (C=O) groups is 1. The summed E-state index contributed by atoms with van der Waals surface area (Å²) in [6.07, 6.45) is -1.51. The molecule has 0 unspecified atom stereocenters. The molecule has 11 nitrogen and oxygen atoms in total. The predicted molar refractivity (Wildman–Crippen MR) is 111 cm³/mol. The molecule has 0 saturated carbocycles. The maximum absolute atomic E-state index is 13.0. The smallest absolute Gasteiger partial charge is 0.445 e. The van der Waals surface area contributed by atoms with Crippen molar-refractivity contribution in [2.24, 2.45) is 0 Å². The van der Waals surface area contributed by atoms with Crippen molar-refractivity contribution in [3.8, 4) is 17.7 Å². The maximum atomic E-state index is 13.0. The number of alkyl halides is 6. The molecule has 0 spiro atoms. The van der Waals surface area contributed by atoms with Gasteiger partial charge in [0.15, 0.2) is 11.3 Å². The fraction of sp³-hybridized carbons (Fsp3) is 0.316. The minimum absolute atomic E-state index is 0.208. The number of nitriles is 1. The summed E-state index contributed by atoms with van der Waals surface area (Å²) in [6.45, 7) is -1.25. The van der Waals surface area contributed by atoms with Crippen LogP contribution in [0.1, 0.15) is 22.4 Å². The lowest BCUT2D eigenvalue weighted by Gasteiger charge is -2.29. The molecule has 2 heterocycles. The van der Waals surface area contributed by atoms with Crippen LogP contribution in [0.25, 0.3) is 0 Å². The molecule has 3 rings (SSSR count). The Kier molecular flexibility index (Phi) is 7.70. The molecule has 2 aromatic rings. The average molecular weight is 589 g/mol. The molecular weight excluding hydrogens is 576 g/mol. The van der Waals surface area contributed by atoms with Gasteiger partial charge in [-0.25, -0.2) is 9.78 Å². The number of amides is 1. The van der Waals surface area contributed by atoms with Crippen molar-refractivity contribution in [3.05, 3.63) is 52.7 Å². The first-order valence-corrected chi connectivity index (χ1v) is 12.7. The molecule has 19 heteroatoms. The van der Waals surface area contributed by atoms with Crippen LogP contribution in [0.3, 0.4) is 0 Å². The Hall–Kier alpha value is -3.79. The summed E-state index contributed by atoms with van der Waals surface area (Å²) in [4.78, 5) is 16.8. The fourth-order valence-electron chi connectivity index (χ4n) is 3.05. The van der Waals surface area contributed by atoms with E-state index in [0.717, 1.165) is 11.0 Å². The van der Waals surface area contributed by atoms with Crippen LogP contribution in [0.15, 0.2) is 30.3 Å². The monoisotopic (exact) mass is 589 g/mol. The Balaban J connectivity index is 2.04. The van der Waals surface area contributed by atoms with E-state index in [4.69, 9.17) is 4.74 Å². The third kappa shape index (κ3) is 6.02. The topological polar surface area (TPSA) is 153 Å². The fourth-order valence-corrected chi connectivity index (χ4v) is 3.97.